The second-order valence-electron chi connectivity index (χ2n) is 3.87. The quantitative estimate of drug-likeness (QED) is 0.789. The van der Waals surface area contributed by atoms with Crippen LogP contribution in [-0.2, 0) is 19.4 Å². The van der Waals surface area contributed by atoms with Crippen molar-refractivity contribution >= 4 is 27.4 Å². The first-order valence-electron chi connectivity index (χ1n) is 5.02. The lowest BCUT2D eigenvalue weighted by atomic mass is 10.2. The number of rotatable bonds is 4. The van der Waals surface area contributed by atoms with E-state index in [0.717, 1.165) is 6.26 Å². The van der Waals surface area contributed by atoms with Crippen LogP contribution in [0.1, 0.15) is 12.0 Å². The van der Waals surface area contributed by atoms with Gasteiger partial charge in [-0.25, -0.2) is 8.42 Å². The minimum Gasteiger partial charge on any atom is -0.481 e. The fraction of sp³-hybridized carbons (Fsp3) is 0.273. The van der Waals surface area contributed by atoms with Gasteiger partial charge in [-0.3, -0.25) is 9.59 Å². The summed E-state index contributed by atoms with van der Waals surface area (Å²) in [7, 11) is -3.37. The van der Waals surface area contributed by atoms with Gasteiger partial charge in [0, 0.05) is 11.9 Å². The number of aryl methyl sites for hydroxylation is 1. The predicted octanol–water partition coefficient (Wildman–Crippen LogP) is 0.812. The van der Waals surface area contributed by atoms with Crippen molar-refractivity contribution in [3.8, 4) is 0 Å². The molecule has 1 rings (SSSR count). The molecule has 1 amide bonds. The number of nitrogens with one attached hydrogen (secondary N) is 1. The molecule has 0 radical (unpaired) electrons. The van der Waals surface area contributed by atoms with E-state index in [9.17, 15) is 18.0 Å². The van der Waals surface area contributed by atoms with Gasteiger partial charge in [0.2, 0.25) is 5.91 Å². The molecular weight excluding hydrogens is 258 g/mol. The summed E-state index contributed by atoms with van der Waals surface area (Å²) in [6.45, 7) is 1.68. The Hall–Kier alpha value is -1.89. The van der Waals surface area contributed by atoms with Crippen LogP contribution in [0.15, 0.2) is 23.1 Å². The lowest BCUT2D eigenvalue weighted by molar-refractivity contribution is -0.139. The number of hydrogen-bond acceptors (Lipinski definition) is 4. The fourth-order valence-corrected chi connectivity index (χ4v) is 1.95. The molecule has 18 heavy (non-hydrogen) atoms. The summed E-state index contributed by atoms with van der Waals surface area (Å²) in [5.41, 5.74) is 0.949. The number of anilines is 1. The molecule has 0 aliphatic heterocycles. The van der Waals surface area contributed by atoms with Crippen LogP contribution in [0.4, 0.5) is 5.69 Å². The zero-order chi connectivity index (χ0) is 13.9. The number of aliphatic carboxylic acids is 1. The maximum atomic E-state index is 11.4. The summed E-state index contributed by atoms with van der Waals surface area (Å²) >= 11 is 0. The Balaban J connectivity index is 3.02. The summed E-state index contributed by atoms with van der Waals surface area (Å²) in [5.74, 6) is -1.94. The molecule has 0 saturated carbocycles. The summed E-state index contributed by atoms with van der Waals surface area (Å²) in [4.78, 5) is 21.7. The molecule has 0 aromatic heterocycles. The monoisotopic (exact) mass is 271 g/mol. The highest BCUT2D eigenvalue weighted by atomic mass is 32.2. The third kappa shape index (κ3) is 3.85. The lowest BCUT2D eigenvalue weighted by Crippen LogP contribution is -2.16. The minimum atomic E-state index is -3.37. The normalized spacial score (nSPS) is 11.0. The molecule has 2 N–H and O–H groups in total. The molecule has 0 fully saturated rings. The maximum Gasteiger partial charge on any atom is 0.312 e. The predicted molar refractivity (Wildman–Crippen MR) is 65.2 cm³/mol. The number of sulfone groups is 1. The topological polar surface area (TPSA) is 101 Å². The summed E-state index contributed by atoms with van der Waals surface area (Å²) in [5, 5.41) is 10.8. The van der Waals surface area contributed by atoms with E-state index in [2.05, 4.69) is 5.32 Å². The molecule has 1 aromatic rings. The lowest BCUT2D eigenvalue weighted by Gasteiger charge is -2.09. The van der Waals surface area contributed by atoms with Crippen molar-refractivity contribution < 1.29 is 23.1 Å². The fourth-order valence-electron chi connectivity index (χ4n) is 1.30. The molecule has 0 atom stereocenters. The van der Waals surface area contributed by atoms with E-state index < -0.39 is 28.1 Å². The Labute approximate surface area is 105 Å². The van der Waals surface area contributed by atoms with Gasteiger partial charge in [-0.05, 0) is 24.6 Å². The summed E-state index contributed by atoms with van der Waals surface area (Å²) < 4.78 is 22.7. The Kier molecular flexibility index (Phi) is 4.07. The Morgan fingerprint density at radius 3 is 2.44 bits per heavy atom. The van der Waals surface area contributed by atoms with E-state index in [0.29, 0.717) is 11.3 Å². The first kappa shape index (κ1) is 14.2. The van der Waals surface area contributed by atoms with E-state index in [1.807, 2.05) is 0 Å². The van der Waals surface area contributed by atoms with Crippen LogP contribution < -0.4 is 5.32 Å². The summed E-state index contributed by atoms with van der Waals surface area (Å²) in [6, 6.07) is 4.29. The van der Waals surface area contributed by atoms with Crippen molar-refractivity contribution in [1.29, 1.82) is 0 Å². The summed E-state index contributed by atoms with van der Waals surface area (Å²) in [6.07, 6.45) is 0.392. The standard InChI is InChI=1S/C11H13NO5S/c1-7-3-4-8(18(2,16)17)5-9(7)12-10(13)6-11(14)15/h3-5H,6H2,1-2H3,(H,12,13)(H,14,15). The Bertz CT molecular complexity index is 591. The van der Waals surface area contributed by atoms with Gasteiger partial charge in [-0.15, -0.1) is 0 Å². The van der Waals surface area contributed by atoms with Gasteiger partial charge in [0.25, 0.3) is 0 Å². The number of carboxylic acids is 1. The molecule has 0 heterocycles. The Morgan fingerprint density at radius 1 is 1.33 bits per heavy atom. The van der Waals surface area contributed by atoms with Crippen molar-refractivity contribution in [3.63, 3.8) is 0 Å². The molecule has 1 aromatic carbocycles. The first-order chi connectivity index (χ1) is 8.20. The van der Waals surface area contributed by atoms with Crippen molar-refractivity contribution in [3.05, 3.63) is 23.8 Å². The number of carbonyl (C=O) groups is 2. The van der Waals surface area contributed by atoms with Crippen LogP contribution in [-0.4, -0.2) is 31.7 Å². The smallest absolute Gasteiger partial charge is 0.312 e. The molecule has 7 heteroatoms. The van der Waals surface area contributed by atoms with Crippen molar-refractivity contribution in [1.82, 2.24) is 0 Å². The van der Waals surface area contributed by atoms with Gasteiger partial charge in [0.1, 0.15) is 6.42 Å². The van der Waals surface area contributed by atoms with E-state index in [4.69, 9.17) is 5.11 Å². The van der Waals surface area contributed by atoms with Crippen LogP contribution in [0.3, 0.4) is 0 Å². The number of amides is 1. The van der Waals surface area contributed by atoms with Gasteiger partial charge in [0.15, 0.2) is 9.84 Å². The first-order valence-corrected chi connectivity index (χ1v) is 6.91. The number of carboxylic acid groups (broad SMARTS) is 1. The molecule has 6 nitrogen and oxygen atoms in total. The molecule has 0 spiro atoms. The van der Waals surface area contributed by atoms with Crippen LogP contribution in [0.2, 0.25) is 0 Å². The van der Waals surface area contributed by atoms with E-state index in [1.54, 1.807) is 13.0 Å². The van der Waals surface area contributed by atoms with Gasteiger partial charge >= 0.3 is 5.97 Å². The third-order valence-electron chi connectivity index (χ3n) is 2.22. The molecule has 0 saturated heterocycles. The molecule has 0 unspecified atom stereocenters. The van der Waals surface area contributed by atoms with E-state index in [1.165, 1.54) is 12.1 Å². The molecule has 98 valence electrons. The zero-order valence-electron chi connectivity index (χ0n) is 9.93. The number of hydrogen-bond donors (Lipinski definition) is 2. The van der Waals surface area contributed by atoms with Crippen molar-refractivity contribution in [2.45, 2.75) is 18.2 Å². The van der Waals surface area contributed by atoms with Crippen LogP contribution in [0.5, 0.6) is 0 Å². The number of benzene rings is 1. The van der Waals surface area contributed by atoms with Gasteiger partial charge in [-0.2, -0.15) is 0 Å². The number of carbonyl (C=O) groups excluding carboxylic acids is 1. The van der Waals surface area contributed by atoms with Gasteiger partial charge in [-0.1, -0.05) is 6.07 Å². The highest BCUT2D eigenvalue weighted by Crippen LogP contribution is 2.20. The van der Waals surface area contributed by atoms with Crippen molar-refractivity contribution in [2.24, 2.45) is 0 Å². The van der Waals surface area contributed by atoms with Gasteiger partial charge in [0.05, 0.1) is 4.90 Å². The maximum absolute atomic E-state index is 11.4. The average molecular weight is 271 g/mol. The van der Waals surface area contributed by atoms with Crippen molar-refractivity contribution in [2.75, 3.05) is 11.6 Å². The highest BCUT2D eigenvalue weighted by molar-refractivity contribution is 7.90. The minimum absolute atomic E-state index is 0.0683. The average Bonchev–Trinajstić information content (AvgIpc) is 2.18. The van der Waals surface area contributed by atoms with E-state index in [-0.39, 0.29) is 4.90 Å². The van der Waals surface area contributed by atoms with Crippen LogP contribution in [0.25, 0.3) is 0 Å². The third-order valence-corrected chi connectivity index (χ3v) is 3.33. The van der Waals surface area contributed by atoms with Crippen LogP contribution >= 0.6 is 0 Å². The second-order valence-corrected chi connectivity index (χ2v) is 5.88. The Morgan fingerprint density at radius 2 is 1.94 bits per heavy atom. The largest absolute Gasteiger partial charge is 0.481 e. The molecule has 0 bridgehead atoms. The molecule has 0 aliphatic rings. The van der Waals surface area contributed by atoms with Crippen LogP contribution in [0, 0.1) is 6.92 Å². The van der Waals surface area contributed by atoms with E-state index >= 15 is 0 Å². The van der Waals surface area contributed by atoms with Gasteiger partial charge < -0.3 is 10.4 Å². The molecular formula is C11H13NO5S. The SMILES string of the molecule is Cc1ccc(S(C)(=O)=O)cc1NC(=O)CC(=O)O. The second kappa shape index (κ2) is 5.18. The highest BCUT2D eigenvalue weighted by Gasteiger charge is 2.12. The zero-order valence-corrected chi connectivity index (χ0v) is 10.7. The molecule has 0 aliphatic carbocycles.